The van der Waals surface area contributed by atoms with E-state index < -0.39 is 11.9 Å². The Hall–Kier alpha value is -1.75. The number of nitrogens with zero attached hydrogens (tertiary/aromatic N) is 1. The Morgan fingerprint density at radius 2 is 2.13 bits per heavy atom. The fourth-order valence-electron chi connectivity index (χ4n) is 3.70. The normalized spacial score (nSPS) is 26.7. The summed E-state index contributed by atoms with van der Waals surface area (Å²) in [6.07, 6.45) is 2.31. The van der Waals surface area contributed by atoms with E-state index in [1.165, 1.54) is 0 Å². The van der Waals surface area contributed by atoms with Crippen molar-refractivity contribution in [1.29, 1.82) is 0 Å². The third-order valence-electron chi connectivity index (χ3n) is 4.81. The second-order valence-corrected chi connectivity index (χ2v) is 7.04. The molecule has 0 spiro atoms. The van der Waals surface area contributed by atoms with E-state index in [4.69, 9.17) is 11.6 Å². The van der Waals surface area contributed by atoms with Gasteiger partial charge in [-0.3, -0.25) is 4.79 Å². The molecule has 0 saturated carbocycles. The molecule has 0 aromatic heterocycles. The Labute approximate surface area is 140 Å². The third-order valence-corrected chi connectivity index (χ3v) is 5.16. The highest BCUT2D eigenvalue weighted by molar-refractivity contribution is 6.31. The molecule has 1 heterocycles. The summed E-state index contributed by atoms with van der Waals surface area (Å²) in [7, 11) is 0. The molecular weight excluding hydrogens is 316 g/mol. The van der Waals surface area contributed by atoms with Crippen LogP contribution < -0.4 is 5.32 Å². The molecular formula is C17H21ClN2O3. The third kappa shape index (κ3) is 3.29. The van der Waals surface area contributed by atoms with Crippen LogP contribution in [0.5, 0.6) is 0 Å². The van der Waals surface area contributed by atoms with Gasteiger partial charge in [-0.2, -0.15) is 0 Å². The number of carboxylic acids is 1. The summed E-state index contributed by atoms with van der Waals surface area (Å²) < 4.78 is 0. The Kier molecular flexibility index (Phi) is 4.48. The molecule has 3 rings (SSSR count). The number of hydrogen-bond donors (Lipinski definition) is 2. The molecule has 2 aliphatic rings. The fourth-order valence-corrected chi connectivity index (χ4v) is 3.97. The molecule has 2 N–H and O–H groups in total. The van der Waals surface area contributed by atoms with Crippen LogP contribution in [0.3, 0.4) is 0 Å². The number of halogens is 1. The number of aliphatic carboxylic acids is 1. The van der Waals surface area contributed by atoms with Gasteiger partial charge in [0.2, 0.25) is 0 Å². The lowest BCUT2D eigenvalue weighted by atomic mass is 9.91. The average Bonchev–Trinajstić information content (AvgIpc) is 2.91. The lowest BCUT2D eigenvalue weighted by molar-refractivity contribution is -0.143. The number of nitrogens with one attached hydrogen (secondary N) is 1. The fraction of sp³-hybridized carbons (Fsp3) is 0.529. The van der Waals surface area contributed by atoms with Crippen molar-refractivity contribution in [1.82, 2.24) is 10.2 Å². The first-order valence-corrected chi connectivity index (χ1v) is 8.39. The number of amides is 2. The molecule has 5 nitrogen and oxygen atoms in total. The monoisotopic (exact) mass is 336 g/mol. The maximum Gasteiger partial charge on any atom is 0.317 e. The van der Waals surface area contributed by atoms with Crippen molar-refractivity contribution >= 4 is 23.6 Å². The van der Waals surface area contributed by atoms with Gasteiger partial charge in [0.05, 0.1) is 12.0 Å². The molecule has 1 saturated heterocycles. The molecule has 6 heteroatoms. The second-order valence-electron chi connectivity index (χ2n) is 6.63. The van der Waals surface area contributed by atoms with Crippen molar-refractivity contribution in [2.75, 3.05) is 13.1 Å². The zero-order valence-corrected chi connectivity index (χ0v) is 13.8. The van der Waals surface area contributed by atoms with Gasteiger partial charge in [-0.05, 0) is 42.4 Å². The van der Waals surface area contributed by atoms with Crippen LogP contribution in [0.4, 0.5) is 4.79 Å². The van der Waals surface area contributed by atoms with Crippen molar-refractivity contribution in [2.24, 2.45) is 11.8 Å². The highest BCUT2D eigenvalue weighted by atomic mass is 35.5. The van der Waals surface area contributed by atoms with Crippen molar-refractivity contribution in [3.8, 4) is 0 Å². The topological polar surface area (TPSA) is 69.6 Å². The van der Waals surface area contributed by atoms with E-state index in [0.717, 1.165) is 29.0 Å². The van der Waals surface area contributed by atoms with Crippen LogP contribution in [0, 0.1) is 11.8 Å². The summed E-state index contributed by atoms with van der Waals surface area (Å²) in [5.41, 5.74) is 2.18. The van der Waals surface area contributed by atoms with E-state index in [-0.39, 0.29) is 24.5 Å². The van der Waals surface area contributed by atoms with Crippen LogP contribution in [-0.2, 0) is 11.2 Å². The number of rotatable bonds is 2. The SMILES string of the molecule is CC1CC(C(=O)O)CN(C(=O)NC2CCc3c(Cl)cccc32)C1. The summed E-state index contributed by atoms with van der Waals surface area (Å²) in [5.74, 6) is -1.11. The first-order valence-electron chi connectivity index (χ1n) is 8.01. The zero-order chi connectivity index (χ0) is 16.6. The minimum absolute atomic E-state index is 0.0447. The number of piperidine rings is 1. The smallest absolute Gasteiger partial charge is 0.317 e. The first kappa shape index (κ1) is 16.1. The molecule has 3 atom stereocenters. The molecule has 1 aliphatic carbocycles. The Balaban J connectivity index is 1.69. The minimum atomic E-state index is -0.827. The summed E-state index contributed by atoms with van der Waals surface area (Å²) in [6, 6.07) is 5.54. The number of benzene rings is 1. The van der Waals surface area contributed by atoms with Crippen molar-refractivity contribution < 1.29 is 14.7 Å². The van der Waals surface area contributed by atoms with Gasteiger partial charge >= 0.3 is 12.0 Å². The maximum absolute atomic E-state index is 12.6. The van der Waals surface area contributed by atoms with Crippen molar-refractivity contribution in [3.63, 3.8) is 0 Å². The molecule has 1 aromatic carbocycles. The predicted octanol–water partition coefficient (Wildman–Crippen LogP) is 3.08. The molecule has 1 fully saturated rings. The number of carboxylic acid groups (broad SMARTS) is 1. The van der Waals surface area contributed by atoms with Gasteiger partial charge in [0.25, 0.3) is 0 Å². The number of likely N-dealkylation sites (tertiary alicyclic amines) is 1. The quantitative estimate of drug-likeness (QED) is 0.872. The maximum atomic E-state index is 12.6. The minimum Gasteiger partial charge on any atom is -0.481 e. The number of urea groups is 1. The summed E-state index contributed by atoms with van der Waals surface area (Å²) in [4.78, 5) is 25.4. The van der Waals surface area contributed by atoms with Gasteiger partial charge in [-0.1, -0.05) is 30.7 Å². The molecule has 0 radical (unpaired) electrons. The number of carbonyl (C=O) groups excluding carboxylic acids is 1. The van der Waals surface area contributed by atoms with Crippen LogP contribution in [0.2, 0.25) is 5.02 Å². The van der Waals surface area contributed by atoms with E-state index >= 15 is 0 Å². The average molecular weight is 337 g/mol. The number of fused-ring (bicyclic) bond motifs is 1. The lowest BCUT2D eigenvalue weighted by Gasteiger charge is -2.35. The predicted molar refractivity (Wildman–Crippen MR) is 87.5 cm³/mol. The molecule has 3 unspecified atom stereocenters. The van der Waals surface area contributed by atoms with Gasteiger partial charge in [0.1, 0.15) is 0 Å². The zero-order valence-electron chi connectivity index (χ0n) is 13.1. The highest BCUT2D eigenvalue weighted by Crippen LogP contribution is 2.35. The summed E-state index contributed by atoms with van der Waals surface area (Å²) in [5, 5.41) is 13.0. The van der Waals surface area contributed by atoms with Gasteiger partial charge in [-0.25, -0.2) is 4.79 Å². The first-order chi connectivity index (χ1) is 11.0. The van der Waals surface area contributed by atoms with E-state index in [1.54, 1.807) is 4.90 Å². The molecule has 23 heavy (non-hydrogen) atoms. The molecule has 124 valence electrons. The highest BCUT2D eigenvalue weighted by Gasteiger charge is 2.33. The molecule has 2 amide bonds. The van der Waals surface area contributed by atoms with E-state index in [9.17, 15) is 14.7 Å². The standard InChI is InChI=1S/C17H21ClN2O3/c1-10-7-11(16(21)22)9-20(8-10)17(23)19-15-6-5-12-13(15)3-2-4-14(12)18/h2-4,10-11,15H,5-9H2,1H3,(H,19,23)(H,21,22). The molecule has 1 aliphatic heterocycles. The van der Waals surface area contributed by atoms with Crippen LogP contribution in [0.1, 0.15) is 36.9 Å². The largest absolute Gasteiger partial charge is 0.481 e. The molecule has 1 aromatic rings. The summed E-state index contributed by atoms with van der Waals surface area (Å²) in [6.45, 7) is 2.87. The van der Waals surface area contributed by atoms with Gasteiger partial charge < -0.3 is 15.3 Å². The Morgan fingerprint density at radius 3 is 2.87 bits per heavy atom. The van der Waals surface area contributed by atoms with Gasteiger partial charge in [0.15, 0.2) is 0 Å². The van der Waals surface area contributed by atoms with Crippen LogP contribution in [-0.4, -0.2) is 35.1 Å². The Bertz CT molecular complexity index is 634. The van der Waals surface area contributed by atoms with Crippen LogP contribution in [0.25, 0.3) is 0 Å². The van der Waals surface area contributed by atoms with E-state index in [2.05, 4.69) is 5.32 Å². The number of carbonyl (C=O) groups is 2. The molecule has 0 bridgehead atoms. The van der Waals surface area contributed by atoms with Crippen molar-refractivity contribution in [2.45, 2.75) is 32.2 Å². The van der Waals surface area contributed by atoms with E-state index in [0.29, 0.717) is 13.0 Å². The van der Waals surface area contributed by atoms with Crippen LogP contribution >= 0.6 is 11.6 Å². The second kappa shape index (κ2) is 6.40. The summed E-state index contributed by atoms with van der Waals surface area (Å²) >= 11 is 6.20. The van der Waals surface area contributed by atoms with Crippen LogP contribution in [0.15, 0.2) is 18.2 Å². The lowest BCUT2D eigenvalue weighted by Crippen LogP contribution is -2.50. The Morgan fingerprint density at radius 1 is 1.35 bits per heavy atom. The van der Waals surface area contributed by atoms with Gasteiger partial charge in [-0.15, -0.1) is 0 Å². The van der Waals surface area contributed by atoms with Gasteiger partial charge in [0, 0.05) is 18.1 Å². The number of hydrogen-bond acceptors (Lipinski definition) is 2. The van der Waals surface area contributed by atoms with Crippen molar-refractivity contribution in [3.05, 3.63) is 34.3 Å². The van der Waals surface area contributed by atoms with E-state index in [1.807, 2.05) is 25.1 Å².